The van der Waals surface area contributed by atoms with Gasteiger partial charge in [-0.3, -0.25) is 4.90 Å². The molecule has 0 saturated carbocycles. The zero-order chi connectivity index (χ0) is 20.7. The summed E-state index contributed by atoms with van der Waals surface area (Å²) in [5.41, 5.74) is 3.26. The van der Waals surface area contributed by atoms with E-state index >= 15 is 0 Å². The van der Waals surface area contributed by atoms with E-state index in [9.17, 15) is 13.6 Å². The first kappa shape index (κ1) is 19.5. The van der Waals surface area contributed by atoms with Crippen molar-refractivity contribution in [2.24, 2.45) is 5.92 Å². The van der Waals surface area contributed by atoms with Gasteiger partial charge in [0.1, 0.15) is 17.7 Å². The molecule has 6 rings (SSSR count). The van der Waals surface area contributed by atoms with Gasteiger partial charge in [0.25, 0.3) is 0 Å². The van der Waals surface area contributed by atoms with Crippen molar-refractivity contribution in [1.82, 2.24) is 10.2 Å². The number of carbonyl (C=O) groups excluding carboxylic acids is 1. The number of alkyl carbamates (subject to hydrolysis) is 1. The highest BCUT2D eigenvalue weighted by Gasteiger charge is 2.37. The molecular formula is C24H26F2N2O2. The van der Waals surface area contributed by atoms with Gasteiger partial charge in [-0.25, -0.2) is 13.6 Å². The second-order valence-corrected chi connectivity index (χ2v) is 8.71. The number of halogens is 2. The van der Waals surface area contributed by atoms with Gasteiger partial charge in [-0.05, 0) is 79.9 Å². The molecule has 1 N–H and O–H groups in total. The second-order valence-electron chi connectivity index (χ2n) is 8.71. The van der Waals surface area contributed by atoms with Crippen molar-refractivity contribution in [1.29, 1.82) is 0 Å². The Bertz CT molecular complexity index is 956. The Morgan fingerprint density at radius 2 is 1.90 bits per heavy atom. The fourth-order valence-electron chi connectivity index (χ4n) is 5.21. The van der Waals surface area contributed by atoms with Crippen LogP contribution in [0.2, 0.25) is 0 Å². The third kappa shape index (κ3) is 3.81. The molecule has 1 amide bonds. The average Bonchev–Trinajstić information content (AvgIpc) is 2.74. The van der Waals surface area contributed by atoms with E-state index in [1.165, 1.54) is 12.1 Å². The SMILES string of the molecule is O=C(NC1CCCc2cc(-c3ccc(F)cc3F)ccc21)O[C@H]1CN2CCC1CC2. The van der Waals surface area contributed by atoms with Gasteiger partial charge in [0.15, 0.2) is 0 Å². The smallest absolute Gasteiger partial charge is 0.407 e. The summed E-state index contributed by atoms with van der Waals surface area (Å²) in [4.78, 5) is 15.0. The van der Waals surface area contributed by atoms with Gasteiger partial charge >= 0.3 is 6.09 Å². The zero-order valence-electron chi connectivity index (χ0n) is 16.9. The molecule has 2 aromatic rings. The number of hydrogen-bond acceptors (Lipinski definition) is 3. The normalized spacial score (nSPS) is 27.4. The van der Waals surface area contributed by atoms with Crippen LogP contribution >= 0.6 is 0 Å². The topological polar surface area (TPSA) is 41.6 Å². The quantitative estimate of drug-likeness (QED) is 0.785. The van der Waals surface area contributed by atoms with Crippen LogP contribution in [0.4, 0.5) is 13.6 Å². The van der Waals surface area contributed by atoms with Gasteiger partial charge < -0.3 is 10.1 Å². The molecule has 1 unspecified atom stereocenters. The third-order valence-electron chi connectivity index (χ3n) is 6.85. The third-order valence-corrected chi connectivity index (χ3v) is 6.85. The molecule has 2 bridgehead atoms. The molecule has 3 heterocycles. The van der Waals surface area contributed by atoms with Crippen molar-refractivity contribution in [3.05, 3.63) is 59.2 Å². The van der Waals surface area contributed by atoms with Crippen molar-refractivity contribution in [2.45, 2.75) is 44.2 Å². The highest BCUT2D eigenvalue weighted by Crippen LogP contribution is 2.34. The second kappa shape index (κ2) is 7.99. The van der Waals surface area contributed by atoms with Crippen molar-refractivity contribution >= 4 is 6.09 Å². The molecule has 6 heteroatoms. The van der Waals surface area contributed by atoms with Crippen LogP contribution in [-0.2, 0) is 11.2 Å². The maximum Gasteiger partial charge on any atom is 0.407 e. The van der Waals surface area contributed by atoms with E-state index in [1.807, 2.05) is 18.2 Å². The number of carbonyl (C=O) groups is 1. The minimum absolute atomic E-state index is 0.0145. The Labute approximate surface area is 175 Å². The van der Waals surface area contributed by atoms with Gasteiger partial charge in [0.2, 0.25) is 0 Å². The maximum atomic E-state index is 14.2. The number of ether oxygens (including phenoxy) is 1. The number of nitrogens with one attached hydrogen (secondary N) is 1. The number of benzene rings is 2. The summed E-state index contributed by atoms with van der Waals surface area (Å²) in [7, 11) is 0. The van der Waals surface area contributed by atoms with Gasteiger partial charge in [-0.2, -0.15) is 0 Å². The number of hydrogen-bond donors (Lipinski definition) is 1. The minimum atomic E-state index is -0.583. The molecule has 30 heavy (non-hydrogen) atoms. The van der Waals surface area contributed by atoms with Crippen molar-refractivity contribution in [3.63, 3.8) is 0 Å². The highest BCUT2D eigenvalue weighted by molar-refractivity contribution is 5.69. The molecule has 2 atom stereocenters. The van der Waals surface area contributed by atoms with E-state index < -0.39 is 11.6 Å². The summed E-state index contributed by atoms with van der Waals surface area (Å²) in [6.07, 6.45) is 4.51. The van der Waals surface area contributed by atoms with Gasteiger partial charge in [0, 0.05) is 18.2 Å². The summed E-state index contributed by atoms with van der Waals surface area (Å²) >= 11 is 0. The van der Waals surface area contributed by atoms with Crippen LogP contribution in [0.5, 0.6) is 0 Å². The molecule has 4 nitrogen and oxygen atoms in total. The minimum Gasteiger partial charge on any atom is -0.445 e. The summed E-state index contributed by atoms with van der Waals surface area (Å²) < 4.78 is 33.2. The maximum absolute atomic E-state index is 14.2. The molecule has 1 aliphatic carbocycles. The Morgan fingerprint density at radius 1 is 1.07 bits per heavy atom. The lowest BCUT2D eigenvalue weighted by Crippen LogP contribution is -2.52. The largest absolute Gasteiger partial charge is 0.445 e. The summed E-state index contributed by atoms with van der Waals surface area (Å²) in [6, 6.07) is 9.29. The van der Waals surface area contributed by atoms with Gasteiger partial charge in [0.05, 0.1) is 6.04 Å². The average molecular weight is 412 g/mol. The first-order chi connectivity index (χ1) is 14.6. The first-order valence-corrected chi connectivity index (χ1v) is 10.8. The fourth-order valence-corrected chi connectivity index (χ4v) is 5.21. The lowest BCUT2D eigenvalue weighted by molar-refractivity contribution is -0.0340. The number of rotatable bonds is 3. The molecule has 0 spiro atoms. The molecule has 2 aromatic carbocycles. The van der Waals surface area contributed by atoms with Gasteiger partial charge in [-0.15, -0.1) is 0 Å². The van der Waals surface area contributed by atoms with Crippen LogP contribution in [0.15, 0.2) is 36.4 Å². The molecule has 0 aromatic heterocycles. The molecule has 158 valence electrons. The fraction of sp³-hybridized carbons (Fsp3) is 0.458. The lowest BCUT2D eigenvalue weighted by atomic mass is 9.85. The number of fused-ring (bicyclic) bond motifs is 4. The van der Waals surface area contributed by atoms with E-state index in [0.29, 0.717) is 11.5 Å². The lowest BCUT2D eigenvalue weighted by Gasteiger charge is -2.44. The molecule has 3 saturated heterocycles. The summed E-state index contributed by atoms with van der Waals surface area (Å²) in [5.74, 6) is -0.672. The van der Waals surface area contributed by atoms with E-state index in [1.54, 1.807) is 0 Å². The summed E-state index contributed by atoms with van der Waals surface area (Å²) in [6.45, 7) is 3.06. The van der Waals surface area contributed by atoms with Crippen molar-refractivity contribution in [2.75, 3.05) is 19.6 Å². The van der Waals surface area contributed by atoms with E-state index in [0.717, 1.165) is 74.5 Å². The zero-order valence-corrected chi connectivity index (χ0v) is 16.9. The van der Waals surface area contributed by atoms with Crippen LogP contribution in [0.1, 0.15) is 42.9 Å². The van der Waals surface area contributed by atoms with E-state index in [4.69, 9.17) is 4.74 Å². The van der Waals surface area contributed by atoms with Crippen LogP contribution < -0.4 is 5.32 Å². The van der Waals surface area contributed by atoms with Crippen LogP contribution in [0, 0.1) is 17.6 Å². The Hall–Kier alpha value is -2.47. The molecular weight excluding hydrogens is 386 g/mol. The van der Waals surface area contributed by atoms with E-state index in [-0.39, 0.29) is 18.2 Å². The van der Waals surface area contributed by atoms with Crippen LogP contribution in [-0.4, -0.2) is 36.7 Å². The Kier molecular flexibility index (Phi) is 5.19. The Morgan fingerprint density at radius 3 is 2.63 bits per heavy atom. The predicted molar refractivity (Wildman–Crippen MR) is 110 cm³/mol. The first-order valence-electron chi connectivity index (χ1n) is 10.8. The highest BCUT2D eigenvalue weighted by atomic mass is 19.1. The van der Waals surface area contributed by atoms with Crippen LogP contribution in [0.3, 0.4) is 0 Å². The molecule has 0 radical (unpaired) electrons. The van der Waals surface area contributed by atoms with Crippen molar-refractivity contribution in [3.8, 4) is 11.1 Å². The number of aryl methyl sites for hydroxylation is 1. The standard InChI is InChI=1S/C24H26F2N2O2/c25-18-5-7-19(21(26)13-18)17-4-6-20-16(12-17)2-1-3-22(20)27-24(29)30-23-14-28-10-8-15(23)9-11-28/h4-7,12-13,15,22-23H,1-3,8-11,14H2,(H,27,29)/t22?,23-/m0/s1. The van der Waals surface area contributed by atoms with Crippen molar-refractivity contribution < 1.29 is 18.3 Å². The van der Waals surface area contributed by atoms with E-state index in [2.05, 4.69) is 10.2 Å². The number of piperidine rings is 3. The molecule has 3 fully saturated rings. The molecule has 3 aliphatic heterocycles. The van der Waals surface area contributed by atoms with Gasteiger partial charge in [-0.1, -0.05) is 18.2 Å². The Balaban J connectivity index is 1.30. The summed E-state index contributed by atoms with van der Waals surface area (Å²) in [5, 5.41) is 3.06. The predicted octanol–water partition coefficient (Wildman–Crippen LogP) is 4.83. The van der Waals surface area contributed by atoms with Crippen LogP contribution in [0.25, 0.3) is 11.1 Å². The number of amides is 1. The number of nitrogens with zero attached hydrogens (tertiary/aromatic N) is 1. The monoisotopic (exact) mass is 412 g/mol. The molecule has 4 aliphatic rings.